The Bertz CT molecular complexity index is 1130. The first kappa shape index (κ1) is 36.3. The van der Waals surface area contributed by atoms with Gasteiger partial charge in [-0.2, -0.15) is 0 Å². The topological polar surface area (TPSA) is 0 Å². The highest BCUT2D eigenvalue weighted by Crippen LogP contribution is 2.22. The second-order valence-electron chi connectivity index (χ2n) is 11.2. The van der Waals surface area contributed by atoms with Gasteiger partial charge in [-0.25, -0.2) is 0 Å². The van der Waals surface area contributed by atoms with Crippen LogP contribution in [0.5, 0.6) is 0 Å². The molecule has 0 saturated carbocycles. The highest BCUT2D eigenvalue weighted by molar-refractivity contribution is 5.32. The fourth-order valence-electron chi connectivity index (χ4n) is 6.38. The summed E-state index contributed by atoms with van der Waals surface area (Å²) < 4.78 is 0. The Morgan fingerprint density at radius 3 is 0.523 bits per heavy atom. The molecule has 0 saturated heterocycles. The molecule has 0 radical (unpaired) electrons. The van der Waals surface area contributed by atoms with Gasteiger partial charge < -0.3 is 0 Å². The van der Waals surface area contributed by atoms with Crippen LogP contribution in [0.25, 0.3) is 0 Å². The standard InChI is InChI=1S/2C10H12.2C9H10.3C2H4/c2*1-2-6-10-8-4-3-7-9(10)5-1;2*1-2-5-9-7-3-6-8(9)4-1;3*1-2/h2*1-2,5-6H,3-4,7-8H2;2*1-2,4-5H,3,6-7H2;3*1-2H2. The van der Waals surface area contributed by atoms with E-state index in [1.807, 2.05) is 0 Å². The first-order valence-electron chi connectivity index (χ1n) is 16.6. The number of fused-ring (bicyclic) bond motifs is 4. The normalized spacial score (nSPS) is 14.1. The Hall–Kier alpha value is -3.90. The van der Waals surface area contributed by atoms with Crippen LogP contribution < -0.4 is 0 Å². The largest absolute Gasteiger partial charge is 0.106 e. The van der Waals surface area contributed by atoms with Crippen LogP contribution in [0.4, 0.5) is 0 Å². The van der Waals surface area contributed by atoms with Crippen LogP contribution in [0.3, 0.4) is 0 Å². The minimum Gasteiger partial charge on any atom is -0.106 e. The van der Waals surface area contributed by atoms with Gasteiger partial charge in [0, 0.05) is 0 Å². The molecule has 0 amide bonds. The molecule has 0 atom stereocenters. The van der Waals surface area contributed by atoms with Gasteiger partial charge in [0.05, 0.1) is 0 Å². The quantitative estimate of drug-likeness (QED) is 0.180. The van der Waals surface area contributed by atoms with Crippen molar-refractivity contribution in [3.05, 3.63) is 181 Å². The molecule has 0 unspecified atom stereocenters. The summed E-state index contributed by atoms with van der Waals surface area (Å²) in [6, 6.07) is 35.1. The van der Waals surface area contributed by atoms with E-state index in [2.05, 4.69) is 137 Å². The van der Waals surface area contributed by atoms with E-state index < -0.39 is 0 Å². The summed E-state index contributed by atoms with van der Waals surface area (Å²) in [6.45, 7) is 18.0. The number of rotatable bonds is 0. The Kier molecular flexibility index (Phi) is 18.7. The summed E-state index contributed by atoms with van der Waals surface area (Å²) in [5.41, 5.74) is 12.6. The molecule has 0 heterocycles. The number of hydrogen-bond donors (Lipinski definition) is 0. The number of hydrogen-bond acceptors (Lipinski definition) is 0. The van der Waals surface area contributed by atoms with Gasteiger partial charge in [-0.1, -0.05) is 97.1 Å². The van der Waals surface area contributed by atoms with E-state index in [1.165, 1.54) is 89.9 Å². The lowest BCUT2D eigenvalue weighted by Crippen LogP contribution is -2.00. The molecule has 4 aliphatic carbocycles. The summed E-state index contributed by atoms with van der Waals surface area (Å²) in [5.74, 6) is 0. The van der Waals surface area contributed by atoms with Gasteiger partial charge >= 0.3 is 0 Å². The second kappa shape index (κ2) is 22.6. The Morgan fingerprint density at radius 1 is 0.227 bits per heavy atom. The highest BCUT2D eigenvalue weighted by atomic mass is 14.1. The third-order valence-electron chi connectivity index (χ3n) is 8.54. The summed E-state index contributed by atoms with van der Waals surface area (Å²) in [7, 11) is 0. The summed E-state index contributed by atoms with van der Waals surface area (Å²) in [6.07, 6.45) is 18.7. The van der Waals surface area contributed by atoms with Crippen LogP contribution in [0.2, 0.25) is 0 Å². The zero-order chi connectivity index (χ0) is 31.8. The van der Waals surface area contributed by atoms with Crippen molar-refractivity contribution in [3.63, 3.8) is 0 Å². The maximum atomic E-state index is 3.00. The lowest BCUT2D eigenvalue weighted by molar-refractivity contribution is 0.685. The van der Waals surface area contributed by atoms with E-state index in [1.54, 1.807) is 44.5 Å². The Labute approximate surface area is 270 Å². The van der Waals surface area contributed by atoms with Crippen LogP contribution in [0, 0.1) is 0 Å². The molecule has 0 bridgehead atoms. The molecule has 0 heteroatoms. The van der Waals surface area contributed by atoms with Crippen LogP contribution in [0.1, 0.15) is 83.0 Å². The van der Waals surface area contributed by atoms with Crippen molar-refractivity contribution in [2.45, 2.75) is 89.9 Å². The predicted molar refractivity (Wildman–Crippen MR) is 197 cm³/mol. The van der Waals surface area contributed by atoms with Crippen molar-refractivity contribution in [1.29, 1.82) is 0 Å². The molecular formula is C44H56. The van der Waals surface area contributed by atoms with Crippen molar-refractivity contribution in [2.24, 2.45) is 0 Å². The minimum atomic E-state index is 1.30. The molecular weight excluding hydrogens is 528 g/mol. The molecule has 0 fully saturated rings. The predicted octanol–water partition coefficient (Wildman–Crippen LogP) is 11.9. The molecule has 0 aromatic heterocycles. The Balaban J connectivity index is 0.000000193. The molecule has 8 rings (SSSR count). The fraction of sp³-hybridized carbons (Fsp3) is 0.318. The zero-order valence-electron chi connectivity index (χ0n) is 27.4. The summed E-state index contributed by atoms with van der Waals surface area (Å²) in [5, 5.41) is 0. The van der Waals surface area contributed by atoms with Crippen molar-refractivity contribution < 1.29 is 0 Å². The average molecular weight is 585 g/mol. The zero-order valence-corrected chi connectivity index (χ0v) is 27.4. The maximum absolute atomic E-state index is 3.00. The second-order valence-corrected chi connectivity index (χ2v) is 11.2. The first-order valence-corrected chi connectivity index (χ1v) is 16.6. The molecule has 0 nitrogen and oxygen atoms in total. The summed E-state index contributed by atoms with van der Waals surface area (Å²) >= 11 is 0. The van der Waals surface area contributed by atoms with Gasteiger partial charge in [-0.15, -0.1) is 39.5 Å². The van der Waals surface area contributed by atoms with Gasteiger partial charge in [0.15, 0.2) is 0 Å². The van der Waals surface area contributed by atoms with E-state index >= 15 is 0 Å². The van der Waals surface area contributed by atoms with E-state index in [9.17, 15) is 0 Å². The van der Waals surface area contributed by atoms with E-state index in [4.69, 9.17) is 0 Å². The van der Waals surface area contributed by atoms with Gasteiger partial charge in [-0.05, 0) is 134 Å². The van der Waals surface area contributed by atoms with Crippen molar-refractivity contribution >= 4 is 0 Å². The minimum absolute atomic E-state index is 1.30. The van der Waals surface area contributed by atoms with Crippen LogP contribution in [0.15, 0.2) is 137 Å². The maximum Gasteiger partial charge on any atom is -0.0273 e. The molecule has 4 aromatic rings. The summed E-state index contributed by atoms with van der Waals surface area (Å²) in [4.78, 5) is 0. The number of benzene rings is 4. The van der Waals surface area contributed by atoms with E-state index in [0.29, 0.717) is 0 Å². The van der Waals surface area contributed by atoms with E-state index in [-0.39, 0.29) is 0 Å². The van der Waals surface area contributed by atoms with Crippen molar-refractivity contribution in [1.82, 2.24) is 0 Å². The van der Waals surface area contributed by atoms with Crippen molar-refractivity contribution in [3.8, 4) is 0 Å². The third-order valence-corrected chi connectivity index (χ3v) is 8.54. The molecule has 4 aliphatic rings. The van der Waals surface area contributed by atoms with Gasteiger partial charge in [-0.3, -0.25) is 0 Å². The monoisotopic (exact) mass is 584 g/mol. The average Bonchev–Trinajstić information content (AvgIpc) is 3.82. The van der Waals surface area contributed by atoms with E-state index in [0.717, 1.165) is 0 Å². The Morgan fingerprint density at radius 2 is 0.364 bits per heavy atom. The van der Waals surface area contributed by atoms with Gasteiger partial charge in [0.25, 0.3) is 0 Å². The van der Waals surface area contributed by atoms with Crippen molar-refractivity contribution in [2.75, 3.05) is 0 Å². The van der Waals surface area contributed by atoms with Crippen LogP contribution >= 0.6 is 0 Å². The fourth-order valence-corrected chi connectivity index (χ4v) is 6.38. The molecule has 4 aromatic carbocycles. The number of aryl methyl sites for hydroxylation is 8. The van der Waals surface area contributed by atoms with Crippen LogP contribution in [-0.4, -0.2) is 0 Å². The first-order chi connectivity index (χ1) is 21.9. The SMILES string of the molecule is C=C.C=C.C=C.c1ccc2c(c1)CCC2.c1ccc2c(c1)CCC2.c1ccc2c(c1)CCCC2.c1ccc2c(c1)CCCC2. The lowest BCUT2D eigenvalue weighted by Gasteiger charge is -2.13. The third kappa shape index (κ3) is 12.0. The van der Waals surface area contributed by atoms with Gasteiger partial charge in [0.2, 0.25) is 0 Å². The molecule has 232 valence electrons. The molecule has 0 spiro atoms. The van der Waals surface area contributed by atoms with Gasteiger partial charge in [0.1, 0.15) is 0 Å². The molecule has 0 N–H and O–H groups in total. The van der Waals surface area contributed by atoms with Crippen LogP contribution in [-0.2, 0) is 51.4 Å². The smallest absolute Gasteiger partial charge is 0.0273 e. The lowest BCUT2D eigenvalue weighted by atomic mass is 9.92. The highest BCUT2D eigenvalue weighted by Gasteiger charge is 2.09. The molecule has 0 aliphatic heterocycles. The molecule has 44 heavy (non-hydrogen) atoms.